The van der Waals surface area contributed by atoms with E-state index >= 15 is 0 Å². The van der Waals surface area contributed by atoms with Crippen LogP contribution in [0.2, 0.25) is 0 Å². The van der Waals surface area contributed by atoms with Crippen LogP contribution in [0, 0.1) is 0 Å². The molecular weight excluding hydrogens is 280 g/mol. The topological polar surface area (TPSA) is 60.5 Å². The number of amides is 1. The predicted octanol–water partition coefficient (Wildman–Crippen LogP) is 3.20. The molecule has 1 N–H and O–H groups in total. The number of nitrogens with one attached hydrogen (secondary N) is 1. The summed E-state index contributed by atoms with van der Waals surface area (Å²) in [6.45, 7) is 9.78. The summed E-state index contributed by atoms with van der Waals surface area (Å²) in [5.41, 5.74) is 0.381. The molecule has 0 saturated heterocycles. The van der Waals surface area contributed by atoms with Crippen LogP contribution in [0.3, 0.4) is 0 Å². The van der Waals surface area contributed by atoms with Crippen molar-refractivity contribution in [1.82, 2.24) is 10.3 Å². The van der Waals surface area contributed by atoms with Gasteiger partial charge in [-0.3, -0.25) is 4.79 Å². The summed E-state index contributed by atoms with van der Waals surface area (Å²) in [4.78, 5) is 16.0. The van der Waals surface area contributed by atoms with Crippen LogP contribution in [-0.2, 0) is 4.74 Å². The van der Waals surface area contributed by atoms with Crippen molar-refractivity contribution in [1.29, 1.82) is 0 Å². The summed E-state index contributed by atoms with van der Waals surface area (Å²) in [7, 11) is 0. The Balaban J connectivity index is 2.31. The molecule has 0 aromatic carbocycles. The second-order valence-corrected chi connectivity index (χ2v) is 6.16. The summed E-state index contributed by atoms with van der Waals surface area (Å²) < 4.78 is 11.0. The van der Waals surface area contributed by atoms with Crippen LogP contribution in [0.15, 0.2) is 18.3 Å². The van der Waals surface area contributed by atoms with Crippen LogP contribution in [-0.4, -0.2) is 36.3 Å². The lowest BCUT2D eigenvalue weighted by atomic mass is 10.2. The molecule has 0 aliphatic rings. The Labute approximate surface area is 133 Å². The van der Waals surface area contributed by atoms with Gasteiger partial charge in [-0.25, -0.2) is 4.98 Å². The van der Waals surface area contributed by atoms with Gasteiger partial charge in [0.2, 0.25) is 5.88 Å². The zero-order valence-electron chi connectivity index (χ0n) is 14.1. The smallest absolute Gasteiger partial charge is 0.252 e. The van der Waals surface area contributed by atoms with Gasteiger partial charge in [0, 0.05) is 18.8 Å². The van der Waals surface area contributed by atoms with E-state index in [1.165, 1.54) is 6.20 Å². The van der Waals surface area contributed by atoms with E-state index in [2.05, 4.69) is 17.2 Å². The van der Waals surface area contributed by atoms with E-state index in [-0.39, 0.29) is 11.5 Å². The fourth-order valence-corrected chi connectivity index (χ4v) is 1.77. The molecule has 5 nitrogen and oxygen atoms in total. The SMILES string of the molecule is CCCCCNC(=O)c1ccc(OCCOC(C)(C)C)nc1. The molecule has 1 aromatic rings. The normalized spacial score (nSPS) is 11.3. The molecule has 0 fully saturated rings. The summed E-state index contributed by atoms with van der Waals surface area (Å²) in [5, 5.41) is 2.88. The Bertz CT molecular complexity index is 438. The molecule has 0 aliphatic carbocycles. The number of ether oxygens (including phenoxy) is 2. The maximum absolute atomic E-state index is 11.9. The average Bonchev–Trinajstić information content (AvgIpc) is 2.47. The zero-order chi connectivity index (χ0) is 16.4. The van der Waals surface area contributed by atoms with Gasteiger partial charge in [-0.1, -0.05) is 19.8 Å². The molecule has 0 saturated carbocycles. The molecule has 0 bridgehead atoms. The van der Waals surface area contributed by atoms with Gasteiger partial charge in [0.1, 0.15) is 6.61 Å². The van der Waals surface area contributed by atoms with E-state index in [0.717, 1.165) is 19.3 Å². The lowest BCUT2D eigenvalue weighted by Crippen LogP contribution is -2.24. The molecule has 0 atom stereocenters. The van der Waals surface area contributed by atoms with Crippen molar-refractivity contribution in [3.8, 4) is 5.88 Å². The minimum absolute atomic E-state index is 0.0915. The first-order valence-electron chi connectivity index (χ1n) is 7.93. The fraction of sp³-hybridized carbons (Fsp3) is 0.647. The van der Waals surface area contributed by atoms with Crippen molar-refractivity contribution in [2.45, 2.75) is 52.6 Å². The highest BCUT2D eigenvalue weighted by atomic mass is 16.5. The standard InChI is InChI=1S/C17H28N2O3/c1-5-6-7-10-18-16(20)14-8-9-15(19-13-14)21-11-12-22-17(2,3)4/h8-9,13H,5-7,10-12H2,1-4H3,(H,18,20). The number of pyridine rings is 1. The summed E-state index contributed by atoms with van der Waals surface area (Å²) in [5.74, 6) is 0.409. The van der Waals surface area contributed by atoms with Crippen LogP contribution in [0.4, 0.5) is 0 Å². The first-order valence-corrected chi connectivity index (χ1v) is 7.93. The fourth-order valence-electron chi connectivity index (χ4n) is 1.77. The molecule has 1 amide bonds. The van der Waals surface area contributed by atoms with Crippen LogP contribution in [0.25, 0.3) is 0 Å². The van der Waals surface area contributed by atoms with Crippen LogP contribution in [0.1, 0.15) is 57.3 Å². The van der Waals surface area contributed by atoms with Crippen LogP contribution < -0.4 is 10.1 Å². The number of carbonyl (C=O) groups is 1. The highest BCUT2D eigenvalue weighted by molar-refractivity contribution is 5.93. The number of rotatable bonds is 9. The molecule has 5 heteroatoms. The number of hydrogen-bond donors (Lipinski definition) is 1. The molecule has 124 valence electrons. The van der Waals surface area contributed by atoms with Gasteiger partial charge in [0.05, 0.1) is 17.8 Å². The Morgan fingerprint density at radius 3 is 2.59 bits per heavy atom. The third kappa shape index (κ3) is 7.98. The Morgan fingerprint density at radius 2 is 2.00 bits per heavy atom. The minimum atomic E-state index is -0.170. The van der Waals surface area contributed by atoms with Crippen molar-refractivity contribution in [2.24, 2.45) is 0 Å². The van der Waals surface area contributed by atoms with Crippen LogP contribution >= 0.6 is 0 Å². The van der Waals surface area contributed by atoms with E-state index in [0.29, 0.717) is 31.2 Å². The highest BCUT2D eigenvalue weighted by Gasteiger charge is 2.10. The van der Waals surface area contributed by atoms with Crippen molar-refractivity contribution in [3.63, 3.8) is 0 Å². The quantitative estimate of drug-likeness (QED) is 0.712. The van der Waals surface area contributed by atoms with Gasteiger partial charge >= 0.3 is 0 Å². The third-order valence-electron chi connectivity index (χ3n) is 2.93. The van der Waals surface area contributed by atoms with Gasteiger partial charge in [0.15, 0.2) is 0 Å². The van der Waals surface area contributed by atoms with Gasteiger partial charge in [-0.2, -0.15) is 0 Å². The molecular formula is C17H28N2O3. The Hall–Kier alpha value is -1.62. The van der Waals surface area contributed by atoms with Gasteiger partial charge < -0.3 is 14.8 Å². The summed E-state index contributed by atoms with van der Waals surface area (Å²) in [6.07, 6.45) is 4.81. The summed E-state index contributed by atoms with van der Waals surface area (Å²) >= 11 is 0. The third-order valence-corrected chi connectivity index (χ3v) is 2.93. The second kappa shape index (κ2) is 9.41. The minimum Gasteiger partial charge on any atom is -0.475 e. The maximum Gasteiger partial charge on any atom is 0.252 e. The Morgan fingerprint density at radius 1 is 1.23 bits per heavy atom. The van der Waals surface area contributed by atoms with E-state index in [1.807, 2.05) is 20.8 Å². The lowest BCUT2D eigenvalue weighted by Gasteiger charge is -2.19. The van der Waals surface area contributed by atoms with E-state index < -0.39 is 0 Å². The predicted molar refractivity (Wildman–Crippen MR) is 87.3 cm³/mol. The van der Waals surface area contributed by atoms with E-state index in [9.17, 15) is 4.79 Å². The molecule has 1 rings (SSSR count). The van der Waals surface area contributed by atoms with Crippen molar-refractivity contribution in [3.05, 3.63) is 23.9 Å². The lowest BCUT2D eigenvalue weighted by molar-refractivity contribution is -0.0168. The monoisotopic (exact) mass is 308 g/mol. The number of unbranched alkanes of at least 4 members (excludes halogenated alkanes) is 2. The molecule has 0 spiro atoms. The number of carbonyl (C=O) groups excluding carboxylic acids is 1. The van der Waals surface area contributed by atoms with E-state index in [1.54, 1.807) is 12.1 Å². The van der Waals surface area contributed by atoms with Crippen molar-refractivity contribution < 1.29 is 14.3 Å². The molecule has 0 aliphatic heterocycles. The number of nitrogens with zero attached hydrogens (tertiary/aromatic N) is 1. The van der Waals surface area contributed by atoms with Gasteiger partial charge in [-0.15, -0.1) is 0 Å². The second-order valence-electron chi connectivity index (χ2n) is 6.16. The highest BCUT2D eigenvalue weighted by Crippen LogP contribution is 2.09. The molecule has 0 unspecified atom stereocenters. The molecule has 0 radical (unpaired) electrons. The molecule has 1 heterocycles. The first kappa shape index (κ1) is 18.4. The largest absolute Gasteiger partial charge is 0.475 e. The summed E-state index contributed by atoms with van der Waals surface area (Å²) in [6, 6.07) is 3.43. The van der Waals surface area contributed by atoms with Crippen molar-refractivity contribution in [2.75, 3.05) is 19.8 Å². The maximum atomic E-state index is 11.9. The first-order chi connectivity index (χ1) is 10.4. The number of aromatic nitrogens is 1. The zero-order valence-corrected chi connectivity index (χ0v) is 14.1. The molecule has 1 aromatic heterocycles. The molecule has 22 heavy (non-hydrogen) atoms. The Kier molecular flexibility index (Phi) is 7.88. The number of hydrogen-bond acceptors (Lipinski definition) is 4. The van der Waals surface area contributed by atoms with E-state index in [4.69, 9.17) is 9.47 Å². The van der Waals surface area contributed by atoms with Gasteiger partial charge in [0.25, 0.3) is 5.91 Å². The van der Waals surface area contributed by atoms with Gasteiger partial charge in [-0.05, 0) is 33.3 Å². The van der Waals surface area contributed by atoms with Crippen LogP contribution in [0.5, 0.6) is 5.88 Å². The van der Waals surface area contributed by atoms with Crippen molar-refractivity contribution >= 4 is 5.91 Å². The average molecular weight is 308 g/mol.